The second-order valence-corrected chi connectivity index (χ2v) is 4.79. The van der Waals surface area contributed by atoms with Crippen molar-refractivity contribution >= 4 is 23.1 Å². The Bertz CT molecular complexity index is 363. The van der Waals surface area contributed by atoms with Crippen molar-refractivity contribution in [3.05, 3.63) is 11.5 Å². The normalized spacial score (nSPS) is 16.6. The summed E-state index contributed by atoms with van der Waals surface area (Å²) in [5.41, 5.74) is 6.43. The Labute approximate surface area is 101 Å². The monoisotopic (exact) mass is 240 g/mol. The van der Waals surface area contributed by atoms with Crippen LogP contribution in [-0.2, 0) is 0 Å². The quantitative estimate of drug-likeness (QED) is 0.824. The lowest BCUT2D eigenvalue weighted by molar-refractivity contribution is 0.545. The molecule has 0 saturated heterocycles. The highest BCUT2D eigenvalue weighted by atomic mass is 35.5. The first-order valence-corrected chi connectivity index (χ1v) is 6.04. The third kappa shape index (κ3) is 2.55. The fourth-order valence-corrected chi connectivity index (χ4v) is 2.46. The van der Waals surface area contributed by atoms with E-state index in [-0.39, 0.29) is 5.28 Å². The fourth-order valence-electron chi connectivity index (χ4n) is 2.33. The summed E-state index contributed by atoms with van der Waals surface area (Å²) in [4.78, 5) is 10.1. The van der Waals surface area contributed by atoms with E-state index in [1.54, 1.807) is 6.20 Å². The summed E-state index contributed by atoms with van der Waals surface area (Å²) in [6.07, 6.45) is 6.87. The summed E-state index contributed by atoms with van der Waals surface area (Å²) in [5.74, 6) is 1.50. The number of aromatic nitrogens is 2. The van der Waals surface area contributed by atoms with Gasteiger partial charge >= 0.3 is 0 Å². The molecule has 0 unspecified atom stereocenters. The minimum Gasteiger partial charge on any atom is -0.394 e. The number of nitrogens with zero attached hydrogens (tertiary/aromatic N) is 3. The maximum absolute atomic E-state index is 5.84. The lowest BCUT2D eigenvalue weighted by Gasteiger charge is -2.23. The van der Waals surface area contributed by atoms with E-state index in [1.807, 2.05) is 7.05 Å². The summed E-state index contributed by atoms with van der Waals surface area (Å²) in [7, 11) is 2.01. The number of halogens is 1. The van der Waals surface area contributed by atoms with Crippen LogP contribution in [0.3, 0.4) is 0 Å². The first kappa shape index (κ1) is 11.5. The molecule has 0 amide bonds. The zero-order chi connectivity index (χ0) is 11.5. The molecule has 2 rings (SSSR count). The molecule has 1 aromatic rings. The maximum Gasteiger partial charge on any atom is 0.224 e. The van der Waals surface area contributed by atoms with Crippen LogP contribution in [0.2, 0.25) is 5.28 Å². The minimum atomic E-state index is 0.252. The predicted molar refractivity (Wildman–Crippen MR) is 66.7 cm³/mol. The van der Waals surface area contributed by atoms with Gasteiger partial charge in [0.1, 0.15) is 0 Å². The maximum atomic E-state index is 5.84. The predicted octanol–water partition coefficient (Wildman–Crippen LogP) is 2.34. The Morgan fingerprint density at radius 2 is 2.19 bits per heavy atom. The molecule has 0 bridgehead atoms. The smallest absolute Gasteiger partial charge is 0.224 e. The van der Waals surface area contributed by atoms with E-state index < -0.39 is 0 Å². The van der Waals surface area contributed by atoms with Gasteiger partial charge in [-0.05, 0) is 30.4 Å². The van der Waals surface area contributed by atoms with Gasteiger partial charge in [-0.2, -0.15) is 4.98 Å². The number of rotatable bonds is 3. The molecule has 0 radical (unpaired) electrons. The van der Waals surface area contributed by atoms with Crippen LogP contribution in [0.1, 0.15) is 25.7 Å². The van der Waals surface area contributed by atoms with Crippen LogP contribution in [0.15, 0.2) is 6.20 Å². The molecular weight excluding hydrogens is 224 g/mol. The van der Waals surface area contributed by atoms with Crippen LogP contribution in [-0.4, -0.2) is 23.6 Å². The standard InChI is InChI=1S/C11H17ClN4/c1-16(7-8-4-2-3-5-8)10-9(13)6-14-11(12)15-10/h6,8H,2-5,7,13H2,1H3. The van der Waals surface area contributed by atoms with Crippen LogP contribution in [0.25, 0.3) is 0 Å². The molecule has 1 aliphatic carbocycles. The molecule has 0 aromatic carbocycles. The van der Waals surface area contributed by atoms with Crippen LogP contribution in [0.4, 0.5) is 11.5 Å². The molecule has 1 saturated carbocycles. The van der Waals surface area contributed by atoms with E-state index in [0.29, 0.717) is 5.69 Å². The van der Waals surface area contributed by atoms with Crippen molar-refractivity contribution in [2.45, 2.75) is 25.7 Å². The molecule has 0 atom stereocenters. The van der Waals surface area contributed by atoms with Gasteiger partial charge in [-0.15, -0.1) is 0 Å². The third-order valence-corrected chi connectivity index (χ3v) is 3.32. The van der Waals surface area contributed by atoms with Crippen LogP contribution in [0.5, 0.6) is 0 Å². The van der Waals surface area contributed by atoms with Crippen molar-refractivity contribution in [1.29, 1.82) is 0 Å². The topological polar surface area (TPSA) is 55.0 Å². The molecule has 88 valence electrons. The van der Waals surface area contributed by atoms with Crippen molar-refractivity contribution in [1.82, 2.24) is 9.97 Å². The lowest BCUT2D eigenvalue weighted by atomic mass is 10.1. The van der Waals surface area contributed by atoms with E-state index in [2.05, 4.69) is 14.9 Å². The third-order valence-electron chi connectivity index (χ3n) is 3.13. The number of anilines is 2. The van der Waals surface area contributed by atoms with Gasteiger partial charge in [0, 0.05) is 13.6 Å². The van der Waals surface area contributed by atoms with Gasteiger partial charge in [-0.3, -0.25) is 0 Å². The van der Waals surface area contributed by atoms with Gasteiger partial charge in [-0.1, -0.05) is 12.8 Å². The summed E-state index contributed by atoms with van der Waals surface area (Å²) in [6.45, 7) is 0.998. The molecular formula is C11H17ClN4. The highest BCUT2D eigenvalue weighted by molar-refractivity contribution is 6.28. The van der Waals surface area contributed by atoms with Crippen molar-refractivity contribution in [2.24, 2.45) is 5.92 Å². The average Bonchev–Trinajstić information content (AvgIpc) is 2.74. The van der Waals surface area contributed by atoms with Gasteiger partial charge < -0.3 is 10.6 Å². The Hall–Kier alpha value is -1.03. The first-order chi connectivity index (χ1) is 7.66. The lowest BCUT2D eigenvalue weighted by Crippen LogP contribution is -2.26. The van der Waals surface area contributed by atoms with Crippen molar-refractivity contribution < 1.29 is 0 Å². The molecule has 1 heterocycles. The molecule has 4 nitrogen and oxygen atoms in total. The van der Waals surface area contributed by atoms with Gasteiger partial charge in [0.25, 0.3) is 0 Å². The van der Waals surface area contributed by atoms with Crippen LogP contribution >= 0.6 is 11.6 Å². The highest BCUT2D eigenvalue weighted by Gasteiger charge is 2.18. The molecule has 5 heteroatoms. The number of hydrogen-bond acceptors (Lipinski definition) is 4. The van der Waals surface area contributed by atoms with Crippen molar-refractivity contribution in [3.63, 3.8) is 0 Å². The average molecular weight is 241 g/mol. The molecule has 16 heavy (non-hydrogen) atoms. The second kappa shape index (κ2) is 4.87. The van der Waals surface area contributed by atoms with Crippen LogP contribution < -0.4 is 10.6 Å². The largest absolute Gasteiger partial charge is 0.394 e. The van der Waals surface area contributed by atoms with E-state index in [0.717, 1.165) is 18.3 Å². The molecule has 1 aromatic heterocycles. The number of nitrogen functional groups attached to an aromatic ring is 1. The second-order valence-electron chi connectivity index (χ2n) is 4.45. The molecule has 1 aliphatic rings. The van der Waals surface area contributed by atoms with E-state index in [9.17, 15) is 0 Å². The zero-order valence-corrected chi connectivity index (χ0v) is 10.2. The number of hydrogen-bond donors (Lipinski definition) is 1. The Kier molecular flexibility index (Phi) is 3.49. The SMILES string of the molecule is CN(CC1CCCC1)c1nc(Cl)ncc1N. The molecule has 0 spiro atoms. The molecule has 1 fully saturated rings. The van der Waals surface area contributed by atoms with Gasteiger partial charge in [0.2, 0.25) is 5.28 Å². The molecule has 0 aliphatic heterocycles. The van der Waals surface area contributed by atoms with Gasteiger partial charge in [0.15, 0.2) is 5.82 Å². The van der Waals surface area contributed by atoms with E-state index in [1.165, 1.54) is 25.7 Å². The van der Waals surface area contributed by atoms with Crippen LogP contribution in [0, 0.1) is 5.92 Å². The molecule has 2 N–H and O–H groups in total. The minimum absolute atomic E-state index is 0.252. The highest BCUT2D eigenvalue weighted by Crippen LogP contribution is 2.28. The Morgan fingerprint density at radius 3 is 2.88 bits per heavy atom. The summed E-state index contributed by atoms with van der Waals surface area (Å²) in [6, 6.07) is 0. The summed E-state index contributed by atoms with van der Waals surface area (Å²) >= 11 is 5.77. The number of nitrogens with two attached hydrogens (primary N) is 1. The Balaban J connectivity index is 2.07. The van der Waals surface area contributed by atoms with E-state index >= 15 is 0 Å². The van der Waals surface area contributed by atoms with Crippen molar-refractivity contribution in [2.75, 3.05) is 24.2 Å². The Morgan fingerprint density at radius 1 is 1.50 bits per heavy atom. The fraction of sp³-hybridized carbons (Fsp3) is 0.636. The van der Waals surface area contributed by atoms with Gasteiger partial charge in [0.05, 0.1) is 11.9 Å². The first-order valence-electron chi connectivity index (χ1n) is 5.66. The zero-order valence-electron chi connectivity index (χ0n) is 9.49. The summed E-state index contributed by atoms with van der Waals surface area (Å²) in [5, 5.41) is 0.252. The summed E-state index contributed by atoms with van der Waals surface area (Å²) < 4.78 is 0. The van der Waals surface area contributed by atoms with E-state index in [4.69, 9.17) is 17.3 Å². The van der Waals surface area contributed by atoms with Gasteiger partial charge in [-0.25, -0.2) is 4.98 Å². The van der Waals surface area contributed by atoms with Crippen molar-refractivity contribution in [3.8, 4) is 0 Å².